The van der Waals surface area contributed by atoms with Crippen molar-refractivity contribution >= 4 is 11.8 Å². The van der Waals surface area contributed by atoms with Gasteiger partial charge in [-0.3, -0.25) is 14.5 Å². The maximum absolute atomic E-state index is 13.3. The molecule has 0 heterocycles. The molecule has 7 heteroatoms. The van der Waals surface area contributed by atoms with Crippen LogP contribution in [0.1, 0.15) is 31.9 Å². The van der Waals surface area contributed by atoms with E-state index in [-0.39, 0.29) is 30.9 Å². The van der Waals surface area contributed by atoms with Crippen LogP contribution in [0.25, 0.3) is 0 Å². The molecule has 1 unspecified atom stereocenters. The Balaban J connectivity index is 2.58. The first kappa shape index (κ1) is 20.0. The fourth-order valence-electron chi connectivity index (χ4n) is 2.12. The third kappa shape index (κ3) is 5.88. The third-order valence-corrected chi connectivity index (χ3v) is 3.85. The van der Waals surface area contributed by atoms with Crippen LogP contribution >= 0.6 is 0 Å². The first-order valence-electron chi connectivity index (χ1n) is 7.92. The Morgan fingerprint density at radius 3 is 2.42 bits per heavy atom. The van der Waals surface area contributed by atoms with Gasteiger partial charge in [-0.2, -0.15) is 0 Å². The van der Waals surface area contributed by atoms with Crippen LogP contribution in [0.2, 0.25) is 0 Å². The van der Waals surface area contributed by atoms with Gasteiger partial charge in [0, 0.05) is 19.6 Å². The summed E-state index contributed by atoms with van der Waals surface area (Å²) in [7, 11) is 3.28. The molecule has 0 aliphatic carbocycles. The van der Waals surface area contributed by atoms with Gasteiger partial charge in [0.15, 0.2) is 11.6 Å². The lowest BCUT2D eigenvalue weighted by Gasteiger charge is -2.27. The summed E-state index contributed by atoms with van der Waals surface area (Å²) in [5.41, 5.74) is 0.576. The highest BCUT2D eigenvalue weighted by atomic mass is 19.2. The predicted octanol–water partition coefficient (Wildman–Crippen LogP) is 1.94. The van der Waals surface area contributed by atoms with Crippen LogP contribution in [0, 0.1) is 11.6 Å². The van der Waals surface area contributed by atoms with Crippen LogP contribution in [0.4, 0.5) is 8.78 Å². The maximum atomic E-state index is 13.3. The molecule has 0 radical (unpaired) electrons. The van der Waals surface area contributed by atoms with E-state index in [1.165, 1.54) is 11.0 Å². The minimum Gasteiger partial charge on any atom is -0.355 e. The fraction of sp³-hybridized carbons (Fsp3) is 0.529. The number of nitrogens with one attached hydrogen (secondary N) is 1. The van der Waals surface area contributed by atoms with E-state index in [4.69, 9.17) is 0 Å². The minimum atomic E-state index is -0.913. The van der Waals surface area contributed by atoms with Gasteiger partial charge in [-0.05, 0) is 38.1 Å². The van der Waals surface area contributed by atoms with Crippen LogP contribution < -0.4 is 5.32 Å². The van der Waals surface area contributed by atoms with E-state index >= 15 is 0 Å². The highest BCUT2D eigenvalue weighted by Gasteiger charge is 2.19. The van der Waals surface area contributed by atoms with Crippen molar-refractivity contribution in [3.05, 3.63) is 35.4 Å². The molecule has 1 N–H and O–H groups in total. The van der Waals surface area contributed by atoms with Gasteiger partial charge in [0.2, 0.25) is 11.8 Å². The van der Waals surface area contributed by atoms with E-state index in [1.807, 2.05) is 6.92 Å². The number of likely N-dealkylation sites (N-methyl/N-ethyl adjacent to an activating group) is 2. The summed E-state index contributed by atoms with van der Waals surface area (Å²) in [6, 6.07) is 3.42. The molecular weight excluding hydrogens is 316 g/mol. The molecule has 0 saturated heterocycles. The van der Waals surface area contributed by atoms with Crippen molar-refractivity contribution in [3.63, 3.8) is 0 Å². The molecule has 24 heavy (non-hydrogen) atoms. The highest BCUT2D eigenvalue weighted by Crippen LogP contribution is 2.20. The quantitative estimate of drug-likeness (QED) is 0.786. The smallest absolute Gasteiger partial charge is 0.239 e. The number of amides is 2. The molecule has 1 atom stereocenters. The van der Waals surface area contributed by atoms with E-state index in [0.717, 1.165) is 18.6 Å². The molecule has 5 nitrogen and oxygen atoms in total. The number of hydrogen-bond acceptors (Lipinski definition) is 3. The SMILES string of the molecule is CCCNC(=O)CN(C)C(=O)CN(C)C(C)c1ccc(F)c(F)c1. The summed E-state index contributed by atoms with van der Waals surface area (Å²) in [6.07, 6.45) is 0.831. The zero-order valence-electron chi connectivity index (χ0n) is 14.6. The molecule has 2 amide bonds. The first-order valence-corrected chi connectivity index (χ1v) is 7.92. The average Bonchev–Trinajstić information content (AvgIpc) is 2.54. The van der Waals surface area contributed by atoms with Gasteiger partial charge in [0.05, 0.1) is 13.1 Å². The molecule has 0 aromatic heterocycles. The van der Waals surface area contributed by atoms with Crippen LogP contribution in [0.15, 0.2) is 18.2 Å². The zero-order valence-corrected chi connectivity index (χ0v) is 14.6. The molecular formula is C17H25F2N3O2. The molecule has 1 rings (SSSR count). The van der Waals surface area contributed by atoms with E-state index in [1.54, 1.807) is 25.9 Å². The Morgan fingerprint density at radius 2 is 1.83 bits per heavy atom. The Morgan fingerprint density at radius 1 is 1.17 bits per heavy atom. The van der Waals surface area contributed by atoms with Crippen molar-refractivity contribution in [2.75, 3.05) is 33.7 Å². The van der Waals surface area contributed by atoms with E-state index in [9.17, 15) is 18.4 Å². The number of rotatable bonds is 8. The molecule has 0 aliphatic rings. The average molecular weight is 341 g/mol. The van der Waals surface area contributed by atoms with Crippen molar-refractivity contribution < 1.29 is 18.4 Å². The van der Waals surface area contributed by atoms with Gasteiger partial charge < -0.3 is 10.2 Å². The third-order valence-electron chi connectivity index (χ3n) is 3.85. The van der Waals surface area contributed by atoms with E-state index in [2.05, 4.69) is 5.32 Å². The monoisotopic (exact) mass is 341 g/mol. The van der Waals surface area contributed by atoms with Crippen LogP contribution in [-0.4, -0.2) is 55.3 Å². The number of nitrogens with zero attached hydrogens (tertiary/aromatic N) is 2. The number of hydrogen-bond donors (Lipinski definition) is 1. The molecule has 0 saturated carbocycles. The topological polar surface area (TPSA) is 52.7 Å². The maximum Gasteiger partial charge on any atom is 0.239 e. The standard InChI is InChI=1S/C17H25F2N3O2/c1-5-8-20-16(23)10-22(4)17(24)11-21(3)12(2)13-6-7-14(18)15(19)9-13/h6-7,9,12H,5,8,10-11H2,1-4H3,(H,20,23). The minimum absolute atomic E-state index is 0.00771. The molecule has 0 spiro atoms. The lowest BCUT2D eigenvalue weighted by molar-refractivity contribution is -0.135. The van der Waals surface area contributed by atoms with Crippen molar-refractivity contribution in [2.45, 2.75) is 26.3 Å². The summed E-state index contributed by atoms with van der Waals surface area (Å²) in [5, 5.41) is 2.71. The fourth-order valence-corrected chi connectivity index (χ4v) is 2.12. The van der Waals surface area contributed by atoms with E-state index in [0.29, 0.717) is 12.1 Å². The molecule has 1 aromatic rings. The van der Waals surface area contributed by atoms with E-state index < -0.39 is 11.6 Å². The Labute approximate surface area is 141 Å². The number of halogens is 2. The lowest BCUT2D eigenvalue weighted by Crippen LogP contribution is -2.43. The second-order valence-corrected chi connectivity index (χ2v) is 5.86. The van der Waals surface area contributed by atoms with Crippen molar-refractivity contribution in [2.24, 2.45) is 0 Å². The summed E-state index contributed by atoms with van der Waals surface area (Å²) in [5.74, 6) is -2.24. The zero-order chi connectivity index (χ0) is 18.3. The van der Waals surface area contributed by atoms with Crippen molar-refractivity contribution in [1.29, 1.82) is 0 Å². The van der Waals surface area contributed by atoms with Gasteiger partial charge in [-0.25, -0.2) is 8.78 Å². The summed E-state index contributed by atoms with van der Waals surface area (Å²) in [6.45, 7) is 4.38. The second-order valence-electron chi connectivity index (χ2n) is 5.86. The summed E-state index contributed by atoms with van der Waals surface area (Å²) in [4.78, 5) is 26.9. The van der Waals surface area contributed by atoms with Crippen LogP contribution in [0.5, 0.6) is 0 Å². The largest absolute Gasteiger partial charge is 0.355 e. The van der Waals surface area contributed by atoms with Crippen molar-refractivity contribution in [1.82, 2.24) is 15.1 Å². The second kappa shape index (κ2) is 9.32. The van der Waals surface area contributed by atoms with Gasteiger partial charge >= 0.3 is 0 Å². The number of benzene rings is 1. The van der Waals surface area contributed by atoms with Gasteiger partial charge in [-0.1, -0.05) is 13.0 Å². The summed E-state index contributed by atoms with van der Waals surface area (Å²) >= 11 is 0. The van der Waals surface area contributed by atoms with Gasteiger partial charge in [0.1, 0.15) is 0 Å². The predicted molar refractivity (Wildman–Crippen MR) is 88.3 cm³/mol. The molecule has 0 bridgehead atoms. The van der Waals surface area contributed by atoms with Gasteiger partial charge in [-0.15, -0.1) is 0 Å². The Bertz CT molecular complexity index is 581. The molecule has 0 fully saturated rings. The van der Waals surface area contributed by atoms with Crippen LogP contribution in [0.3, 0.4) is 0 Å². The molecule has 134 valence electrons. The summed E-state index contributed by atoms with van der Waals surface area (Å²) < 4.78 is 26.3. The Kier molecular flexibility index (Phi) is 7.78. The molecule has 0 aliphatic heterocycles. The normalized spacial score (nSPS) is 12.1. The lowest BCUT2D eigenvalue weighted by atomic mass is 10.1. The van der Waals surface area contributed by atoms with Gasteiger partial charge in [0.25, 0.3) is 0 Å². The highest BCUT2D eigenvalue weighted by molar-refractivity contribution is 5.85. The van der Waals surface area contributed by atoms with Crippen molar-refractivity contribution in [3.8, 4) is 0 Å². The first-order chi connectivity index (χ1) is 11.3. The van der Waals surface area contributed by atoms with Crippen LogP contribution in [-0.2, 0) is 9.59 Å². The number of carbonyl (C=O) groups is 2. The molecule has 1 aromatic carbocycles. The number of carbonyl (C=O) groups excluding carboxylic acids is 2. The Hall–Kier alpha value is -2.02.